The second-order valence-corrected chi connectivity index (χ2v) is 7.02. The number of rotatable bonds is 4. The molecule has 1 N–H and O–H groups in total. The molecule has 5 nitrogen and oxygen atoms in total. The number of fused-ring (bicyclic) bond motifs is 1. The molecule has 0 saturated carbocycles. The topological polar surface area (TPSA) is 50.2 Å². The highest BCUT2D eigenvalue weighted by atomic mass is 35.5. The Morgan fingerprint density at radius 1 is 1.14 bits per heavy atom. The highest BCUT2D eigenvalue weighted by molar-refractivity contribution is 6.06. The first-order valence-electron chi connectivity index (χ1n) is 9.31. The highest BCUT2D eigenvalue weighted by Gasteiger charge is 2.24. The van der Waals surface area contributed by atoms with Crippen molar-refractivity contribution in [2.45, 2.75) is 26.4 Å². The van der Waals surface area contributed by atoms with Crippen LogP contribution in [0, 0.1) is 6.92 Å². The van der Waals surface area contributed by atoms with Crippen LogP contribution in [0.15, 0.2) is 54.6 Å². The van der Waals surface area contributed by atoms with Crippen molar-refractivity contribution in [2.75, 3.05) is 11.4 Å². The summed E-state index contributed by atoms with van der Waals surface area (Å²) in [6.07, 6.45) is 0.968. The Bertz CT molecular complexity index is 951. The lowest BCUT2D eigenvalue weighted by atomic mass is 10.1. The number of amides is 1. The summed E-state index contributed by atoms with van der Waals surface area (Å²) in [6.45, 7) is 4.26. The predicted molar refractivity (Wildman–Crippen MR) is 114 cm³/mol. The van der Waals surface area contributed by atoms with Gasteiger partial charge in [-0.25, -0.2) is 0 Å². The first kappa shape index (κ1) is 20.1. The van der Waals surface area contributed by atoms with Gasteiger partial charge in [0.05, 0.1) is 12.2 Å². The average molecular weight is 397 g/mol. The van der Waals surface area contributed by atoms with Gasteiger partial charge in [0, 0.05) is 49.1 Å². The number of carbonyl (C=O) groups excluding carboxylic acids is 1. The molecule has 3 aromatic rings. The van der Waals surface area contributed by atoms with E-state index in [1.54, 1.807) is 0 Å². The number of carbonyl (C=O) groups is 1. The number of hydrogen-bond donors (Lipinski definition) is 1. The van der Waals surface area contributed by atoms with E-state index < -0.39 is 0 Å². The van der Waals surface area contributed by atoms with Crippen LogP contribution in [0.1, 0.15) is 32.9 Å². The molecule has 0 fully saturated rings. The van der Waals surface area contributed by atoms with Gasteiger partial charge in [0.1, 0.15) is 0 Å². The van der Waals surface area contributed by atoms with E-state index in [2.05, 4.69) is 5.32 Å². The molecule has 0 saturated heterocycles. The summed E-state index contributed by atoms with van der Waals surface area (Å²) in [5.74, 6) is -0.00984. The van der Waals surface area contributed by atoms with E-state index in [0.717, 1.165) is 36.5 Å². The van der Waals surface area contributed by atoms with Gasteiger partial charge in [-0.3, -0.25) is 9.48 Å². The molecular formula is C22H25ClN4O. The molecule has 1 amide bonds. The molecule has 1 aliphatic rings. The fourth-order valence-corrected chi connectivity index (χ4v) is 3.62. The van der Waals surface area contributed by atoms with E-state index in [-0.39, 0.29) is 18.3 Å². The molecule has 0 bridgehead atoms. The van der Waals surface area contributed by atoms with Crippen LogP contribution in [-0.2, 0) is 26.6 Å². The molecule has 0 radical (unpaired) electrons. The number of halogens is 1. The van der Waals surface area contributed by atoms with Crippen LogP contribution in [0.5, 0.6) is 0 Å². The molecule has 6 heteroatoms. The third-order valence-electron chi connectivity index (χ3n) is 5.12. The first-order chi connectivity index (χ1) is 13.1. The summed E-state index contributed by atoms with van der Waals surface area (Å²) in [4.78, 5) is 15.1. The van der Waals surface area contributed by atoms with Gasteiger partial charge in [0.2, 0.25) is 0 Å². The number of nitrogens with one attached hydrogen (secondary N) is 1. The van der Waals surface area contributed by atoms with E-state index in [9.17, 15) is 4.79 Å². The number of benzene rings is 2. The van der Waals surface area contributed by atoms with Crippen molar-refractivity contribution in [1.29, 1.82) is 0 Å². The molecule has 0 spiro atoms. The molecule has 1 aromatic heterocycles. The lowest BCUT2D eigenvalue weighted by Crippen LogP contribution is -2.32. The Labute approximate surface area is 171 Å². The summed E-state index contributed by atoms with van der Waals surface area (Å²) in [7, 11) is 1.99. The number of anilines is 1. The van der Waals surface area contributed by atoms with E-state index in [4.69, 9.17) is 5.10 Å². The largest absolute Gasteiger partial charge is 0.312 e. The number of nitrogens with zero attached hydrogens (tertiary/aromatic N) is 3. The highest BCUT2D eigenvalue weighted by Crippen LogP contribution is 2.24. The molecule has 1 aliphatic heterocycles. The minimum absolute atomic E-state index is 0. The summed E-state index contributed by atoms with van der Waals surface area (Å²) in [5, 5.41) is 8.15. The van der Waals surface area contributed by atoms with Crippen LogP contribution in [0.25, 0.3) is 0 Å². The minimum atomic E-state index is -0.00984. The Kier molecular flexibility index (Phi) is 6.17. The van der Waals surface area contributed by atoms with Gasteiger partial charge < -0.3 is 10.2 Å². The zero-order valence-electron chi connectivity index (χ0n) is 16.2. The number of para-hydroxylation sites is 1. The molecule has 4 rings (SSSR count). The van der Waals surface area contributed by atoms with Gasteiger partial charge in [0.15, 0.2) is 0 Å². The molecule has 0 atom stereocenters. The maximum Gasteiger partial charge on any atom is 0.258 e. The summed E-state index contributed by atoms with van der Waals surface area (Å²) in [6, 6.07) is 17.6. The Morgan fingerprint density at radius 3 is 2.57 bits per heavy atom. The average Bonchev–Trinajstić information content (AvgIpc) is 3.03. The molecule has 0 unspecified atom stereocenters. The SMILES string of the molecule is Cc1ccc(C(=O)N(Cc2nn(C)c3c2CNCC3)c2ccccc2)cc1.Cl. The monoisotopic (exact) mass is 396 g/mol. The van der Waals surface area contributed by atoms with E-state index in [1.165, 1.54) is 11.3 Å². The zero-order valence-corrected chi connectivity index (χ0v) is 17.0. The van der Waals surface area contributed by atoms with Crippen molar-refractivity contribution in [3.63, 3.8) is 0 Å². The Balaban J connectivity index is 0.00000225. The van der Waals surface area contributed by atoms with Crippen molar-refractivity contribution in [3.05, 3.63) is 82.7 Å². The smallest absolute Gasteiger partial charge is 0.258 e. The van der Waals surface area contributed by atoms with E-state index >= 15 is 0 Å². The fourth-order valence-electron chi connectivity index (χ4n) is 3.62. The molecule has 28 heavy (non-hydrogen) atoms. The predicted octanol–water partition coefficient (Wildman–Crippen LogP) is 3.64. The first-order valence-corrected chi connectivity index (χ1v) is 9.31. The van der Waals surface area contributed by atoms with Crippen LogP contribution in [0.2, 0.25) is 0 Å². The maximum absolute atomic E-state index is 13.3. The summed E-state index contributed by atoms with van der Waals surface area (Å²) in [5.41, 5.74) is 6.16. The van der Waals surface area contributed by atoms with Crippen molar-refractivity contribution < 1.29 is 4.79 Å². The minimum Gasteiger partial charge on any atom is -0.312 e. The third kappa shape index (κ3) is 3.96. The van der Waals surface area contributed by atoms with E-state index in [1.807, 2.05) is 78.2 Å². The molecule has 146 valence electrons. The lowest BCUT2D eigenvalue weighted by Gasteiger charge is -2.23. The van der Waals surface area contributed by atoms with Crippen molar-refractivity contribution in [1.82, 2.24) is 15.1 Å². The van der Waals surface area contributed by atoms with Crippen LogP contribution in [0.3, 0.4) is 0 Å². The van der Waals surface area contributed by atoms with Gasteiger partial charge in [-0.15, -0.1) is 12.4 Å². The van der Waals surface area contributed by atoms with E-state index in [0.29, 0.717) is 12.1 Å². The standard InChI is InChI=1S/C22H24N4O.ClH/c1-16-8-10-17(11-9-16)22(27)26(18-6-4-3-5-7-18)15-20-19-14-23-13-12-21(19)25(2)24-20;/h3-11,23H,12-15H2,1-2H3;1H. The molecule has 2 aromatic carbocycles. The number of aryl methyl sites for hydroxylation is 2. The normalized spacial score (nSPS) is 12.8. The van der Waals surface area contributed by atoms with Crippen molar-refractivity contribution in [2.24, 2.45) is 7.05 Å². The zero-order chi connectivity index (χ0) is 18.8. The van der Waals surface area contributed by atoms with Gasteiger partial charge in [0.25, 0.3) is 5.91 Å². The van der Waals surface area contributed by atoms with Crippen LogP contribution < -0.4 is 10.2 Å². The van der Waals surface area contributed by atoms with Crippen LogP contribution in [-0.4, -0.2) is 22.2 Å². The van der Waals surface area contributed by atoms with Gasteiger partial charge in [-0.1, -0.05) is 35.9 Å². The van der Waals surface area contributed by atoms with Crippen molar-refractivity contribution >= 4 is 24.0 Å². The Hall–Kier alpha value is -2.63. The molecule has 2 heterocycles. The summed E-state index contributed by atoms with van der Waals surface area (Å²) < 4.78 is 1.96. The maximum atomic E-state index is 13.3. The third-order valence-corrected chi connectivity index (χ3v) is 5.12. The second-order valence-electron chi connectivity index (χ2n) is 7.02. The molecule has 0 aliphatic carbocycles. The van der Waals surface area contributed by atoms with Gasteiger partial charge in [-0.2, -0.15) is 5.10 Å². The molecular weight excluding hydrogens is 372 g/mol. The summed E-state index contributed by atoms with van der Waals surface area (Å²) >= 11 is 0. The van der Waals surface area contributed by atoms with Crippen LogP contribution in [0.4, 0.5) is 5.69 Å². The van der Waals surface area contributed by atoms with Crippen molar-refractivity contribution in [3.8, 4) is 0 Å². The Morgan fingerprint density at radius 2 is 1.86 bits per heavy atom. The second kappa shape index (κ2) is 8.59. The quantitative estimate of drug-likeness (QED) is 0.732. The number of aromatic nitrogens is 2. The fraction of sp³-hybridized carbons (Fsp3) is 0.273. The number of hydrogen-bond acceptors (Lipinski definition) is 3. The van der Waals surface area contributed by atoms with Gasteiger partial charge >= 0.3 is 0 Å². The lowest BCUT2D eigenvalue weighted by molar-refractivity contribution is 0.0984. The van der Waals surface area contributed by atoms with Crippen LogP contribution >= 0.6 is 12.4 Å². The van der Waals surface area contributed by atoms with Gasteiger partial charge in [-0.05, 0) is 31.2 Å².